The summed E-state index contributed by atoms with van der Waals surface area (Å²) >= 11 is 0. The zero-order valence-corrected chi connectivity index (χ0v) is 17.9. The van der Waals surface area contributed by atoms with E-state index in [2.05, 4.69) is 22.2 Å². The van der Waals surface area contributed by atoms with Crippen molar-refractivity contribution >= 4 is 33.0 Å². The Morgan fingerprint density at radius 3 is 2.14 bits per heavy atom. The van der Waals surface area contributed by atoms with Gasteiger partial charge >= 0.3 is 0 Å². The largest absolute Gasteiger partial charge is 0.369 e. The first kappa shape index (κ1) is 21.1. The summed E-state index contributed by atoms with van der Waals surface area (Å²) in [5.41, 5.74) is 2.22. The molecule has 7 nitrogen and oxygen atoms in total. The number of nitrogens with one attached hydrogen (secondary N) is 1. The number of hydrogen-bond donors (Lipinski definition) is 1. The van der Waals surface area contributed by atoms with Crippen molar-refractivity contribution in [2.24, 2.45) is 0 Å². The Kier molecular flexibility index (Phi) is 6.44. The highest BCUT2D eigenvalue weighted by Crippen LogP contribution is 2.22. The topological polar surface area (TPSA) is 73.0 Å². The molecule has 1 saturated heterocycles. The van der Waals surface area contributed by atoms with Crippen molar-refractivity contribution in [1.29, 1.82) is 0 Å². The molecule has 8 heteroatoms. The summed E-state index contributed by atoms with van der Waals surface area (Å²) in [7, 11) is -1.50. The summed E-state index contributed by atoms with van der Waals surface area (Å²) in [5.74, 6) is -0.383. The second-order valence-electron chi connectivity index (χ2n) is 7.40. The van der Waals surface area contributed by atoms with Gasteiger partial charge in [-0.2, -0.15) is 0 Å². The maximum Gasteiger partial charge on any atom is 0.247 e. The third-order valence-corrected chi connectivity index (χ3v) is 6.34. The first-order valence-corrected chi connectivity index (χ1v) is 11.5. The van der Waals surface area contributed by atoms with E-state index in [1.165, 1.54) is 0 Å². The Hall–Kier alpha value is -2.58. The van der Waals surface area contributed by atoms with Crippen molar-refractivity contribution in [3.05, 3.63) is 54.6 Å². The normalized spacial score (nSPS) is 16.3. The van der Waals surface area contributed by atoms with E-state index in [0.29, 0.717) is 11.4 Å². The lowest BCUT2D eigenvalue weighted by molar-refractivity contribution is -0.116. The minimum Gasteiger partial charge on any atom is -0.369 e. The Balaban J connectivity index is 1.70. The number of hydrogen-bond acceptors (Lipinski definition) is 5. The quantitative estimate of drug-likeness (QED) is 0.782. The number of nitrogens with zero attached hydrogens (tertiary/aromatic N) is 3. The van der Waals surface area contributed by atoms with E-state index in [1.807, 2.05) is 24.3 Å². The van der Waals surface area contributed by atoms with Gasteiger partial charge in [-0.25, -0.2) is 8.42 Å². The molecule has 1 aliphatic rings. The minimum absolute atomic E-state index is 0.383. The molecule has 0 saturated carbocycles. The first-order valence-electron chi connectivity index (χ1n) is 9.64. The summed E-state index contributed by atoms with van der Waals surface area (Å²) in [6, 6.07) is 15.4. The van der Waals surface area contributed by atoms with Crippen LogP contribution in [0.2, 0.25) is 0 Å². The van der Waals surface area contributed by atoms with Gasteiger partial charge in [-0.3, -0.25) is 9.10 Å². The number of amides is 1. The van der Waals surface area contributed by atoms with Crippen LogP contribution in [-0.4, -0.2) is 64.7 Å². The number of carbonyl (C=O) groups excluding carboxylic acids is 1. The third-order valence-electron chi connectivity index (χ3n) is 5.10. The van der Waals surface area contributed by atoms with Crippen LogP contribution in [-0.2, 0) is 14.8 Å². The van der Waals surface area contributed by atoms with Crippen LogP contribution in [0.25, 0.3) is 0 Å². The number of para-hydroxylation sites is 1. The molecule has 0 bridgehead atoms. The fraction of sp³-hybridized carbons (Fsp3) is 0.381. The van der Waals surface area contributed by atoms with E-state index in [0.717, 1.165) is 42.4 Å². The van der Waals surface area contributed by atoms with Crippen molar-refractivity contribution in [2.75, 3.05) is 54.0 Å². The lowest BCUT2D eigenvalue weighted by atomic mass is 10.2. The Labute approximate surface area is 173 Å². The molecule has 2 aromatic rings. The number of anilines is 3. The molecular weight excluding hydrogens is 388 g/mol. The van der Waals surface area contributed by atoms with Crippen LogP contribution in [0.5, 0.6) is 0 Å². The molecule has 0 aromatic heterocycles. The summed E-state index contributed by atoms with van der Waals surface area (Å²) in [6.45, 7) is 5.58. The predicted octanol–water partition coefficient (Wildman–Crippen LogP) is 2.23. The maximum atomic E-state index is 12.8. The molecule has 1 amide bonds. The van der Waals surface area contributed by atoms with E-state index in [4.69, 9.17) is 0 Å². The number of rotatable bonds is 6. The van der Waals surface area contributed by atoms with Crippen LogP contribution in [0.1, 0.15) is 6.92 Å². The number of likely N-dealkylation sites (N-methyl/N-ethyl adjacent to an activating group) is 1. The fourth-order valence-corrected chi connectivity index (χ4v) is 4.63. The van der Waals surface area contributed by atoms with E-state index in [9.17, 15) is 13.2 Å². The SMILES string of the molecule is CC(C(=O)Nc1ccc(N2CCN(C)CC2)cc1)N(c1ccccc1)S(C)(=O)=O. The van der Waals surface area contributed by atoms with Gasteiger partial charge in [0.05, 0.1) is 11.9 Å². The smallest absolute Gasteiger partial charge is 0.247 e. The standard InChI is InChI=1S/C21H28N4O3S/c1-17(25(29(3,27)28)20-7-5-4-6-8-20)21(26)22-18-9-11-19(12-10-18)24-15-13-23(2)14-16-24/h4-12,17H,13-16H2,1-3H3,(H,22,26). The molecule has 1 N–H and O–H groups in total. The van der Waals surface area contributed by atoms with Crippen molar-refractivity contribution < 1.29 is 13.2 Å². The van der Waals surface area contributed by atoms with Crippen molar-refractivity contribution in [3.8, 4) is 0 Å². The van der Waals surface area contributed by atoms with Crippen LogP contribution in [0.15, 0.2) is 54.6 Å². The van der Waals surface area contributed by atoms with Gasteiger partial charge in [0.1, 0.15) is 6.04 Å². The van der Waals surface area contributed by atoms with Gasteiger partial charge in [-0.1, -0.05) is 18.2 Å². The number of carbonyl (C=O) groups is 1. The molecule has 3 rings (SSSR count). The summed E-state index contributed by atoms with van der Waals surface area (Å²) < 4.78 is 25.8. The first-order chi connectivity index (χ1) is 13.8. The average Bonchev–Trinajstić information content (AvgIpc) is 2.69. The van der Waals surface area contributed by atoms with Gasteiger partial charge in [0, 0.05) is 37.6 Å². The molecule has 1 heterocycles. The molecule has 1 unspecified atom stereocenters. The number of benzene rings is 2. The summed E-state index contributed by atoms with van der Waals surface area (Å²) in [6.07, 6.45) is 1.11. The van der Waals surface area contributed by atoms with E-state index >= 15 is 0 Å². The van der Waals surface area contributed by atoms with E-state index < -0.39 is 16.1 Å². The average molecular weight is 417 g/mol. The highest BCUT2D eigenvalue weighted by molar-refractivity contribution is 7.92. The second kappa shape index (κ2) is 8.84. The van der Waals surface area contributed by atoms with Gasteiger partial charge in [0.25, 0.3) is 0 Å². The molecular formula is C21H28N4O3S. The Bertz CT molecular complexity index is 924. The molecule has 1 atom stereocenters. The second-order valence-corrected chi connectivity index (χ2v) is 9.26. The zero-order valence-electron chi connectivity index (χ0n) is 17.1. The molecule has 0 radical (unpaired) electrons. The third kappa shape index (κ3) is 5.27. The van der Waals surface area contributed by atoms with Gasteiger partial charge in [0.2, 0.25) is 15.9 Å². The van der Waals surface area contributed by atoms with Crippen LogP contribution < -0.4 is 14.5 Å². The van der Waals surface area contributed by atoms with Crippen LogP contribution in [0.3, 0.4) is 0 Å². The molecule has 2 aromatic carbocycles. The van der Waals surface area contributed by atoms with Gasteiger partial charge < -0.3 is 15.1 Å². The van der Waals surface area contributed by atoms with Crippen molar-refractivity contribution in [3.63, 3.8) is 0 Å². The van der Waals surface area contributed by atoms with E-state index in [-0.39, 0.29) is 5.91 Å². The molecule has 0 aliphatic carbocycles. The highest BCUT2D eigenvalue weighted by Gasteiger charge is 2.29. The van der Waals surface area contributed by atoms with Crippen molar-refractivity contribution in [1.82, 2.24) is 4.90 Å². The Morgan fingerprint density at radius 1 is 1.00 bits per heavy atom. The highest BCUT2D eigenvalue weighted by atomic mass is 32.2. The van der Waals surface area contributed by atoms with Crippen LogP contribution >= 0.6 is 0 Å². The number of piperazine rings is 1. The fourth-order valence-electron chi connectivity index (χ4n) is 3.45. The predicted molar refractivity (Wildman–Crippen MR) is 118 cm³/mol. The molecule has 156 valence electrons. The van der Waals surface area contributed by atoms with Gasteiger partial charge in [-0.05, 0) is 50.4 Å². The molecule has 1 aliphatic heterocycles. The van der Waals surface area contributed by atoms with Gasteiger partial charge in [-0.15, -0.1) is 0 Å². The van der Waals surface area contributed by atoms with Gasteiger partial charge in [0.15, 0.2) is 0 Å². The molecule has 29 heavy (non-hydrogen) atoms. The lowest BCUT2D eigenvalue weighted by Gasteiger charge is -2.34. The van der Waals surface area contributed by atoms with E-state index in [1.54, 1.807) is 37.3 Å². The van der Waals surface area contributed by atoms with Crippen LogP contribution in [0.4, 0.5) is 17.1 Å². The van der Waals surface area contributed by atoms with Crippen molar-refractivity contribution in [2.45, 2.75) is 13.0 Å². The molecule has 0 spiro atoms. The number of sulfonamides is 1. The summed E-state index contributed by atoms with van der Waals surface area (Å²) in [5, 5.41) is 2.83. The lowest BCUT2D eigenvalue weighted by Crippen LogP contribution is -2.45. The molecule has 1 fully saturated rings. The zero-order chi connectivity index (χ0) is 21.0. The Morgan fingerprint density at radius 2 is 1.59 bits per heavy atom. The monoisotopic (exact) mass is 416 g/mol. The van der Waals surface area contributed by atoms with Crippen LogP contribution in [0, 0.1) is 0 Å². The summed E-state index contributed by atoms with van der Waals surface area (Å²) in [4.78, 5) is 17.4. The maximum absolute atomic E-state index is 12.8. The minimum atomic E-state index is -3.62.